The topological polar surface area (TPSA) is 77.4 Å². The number of hydrogen-bond acceptors (Lipinski definition) is 5. The number of carbonyl (C=O) groups is 1. The molecule has 0 saturated carbocycles. The summed E-state index contributed by atoms with van der Waals surface area (Å²) >= 11 is 3.45. The number of ether oxygens (including phenoxy) is 2. The Kier molecular flexibility index (Phi) is 7.13. The predicted molar refractivity (Wildman–Crippen MR) is 117 cm³/mol. The summed E-state index contributed by atoms with van der Waals surface area (Å²) in [5, 5.41) is 6.98. The van der Waals surface area contributed by atoms with E-state index in [1.165, 1.54) is 0 Å². The van der Waals surface area contributed by atoms with Crippen molar-refractivity contribution in [2.24, 2.45) is 0 Å². The number of aromatic nitrogens is 2. The van der Waals surface area contributed by atoms with Crippen LogP contribution in [0, 0.1) is 0 Å². The lowest BCUT2D eigenvalue weighted by Crippen LogP contribution is -2.46. The predicted octanol–water partition coefficient (Wildman–Crippen LogP) is 3.95. The van der Waals surface area contributed by atoms with Gasteiger partial charge in [-0.15, -0.1) is 0 Å². The SMILES string of the molecule is C[Si](C)(C)CCOCn1ccc2c(OC(=O)N[C@@H]3CCCNC3)c(Br)cnc21. The minimum absolute atomic E-state index is 0.0988. The average Bonchev–Trinajstić information content (AvgIpc) is 3.04. The van der Waals surface area contributed by atoms with Crippen molar-refractivity contribution in [3.05, 3.63) is 22.9 Å². The van der Waals surface area contributed by atoms with Crippen LogP contribution in [0.3, 0.4) is 0 Å². The molecule has 0 radical (unpaired) electrons. The number of halogens is 1. The largest absolute Gasteiger partial charge is 0.412 e. The number of fused-ring (bicyclic) bond motifs is 1. The van der Waals surface area contributed by atoms with Crippen molar-refractivity contribution in [3.63, 3.8) is 0 Å². The van der Waals surface area contributed by atoms with Crippen LogP contribution in [0.25, 0.3) is 11.0 Å². The van der Waals surface area contributed by atoms with E-state index in [1.54, 1.807) is 6.20 Å². The van der Waals surface area contributed by atoms with Crippen LogP contribution in [0.5, 0.6) is 5.75 Å². The Labute approximate surface area is 175 Å². The minimum atomic E-state index is -1.11. The van der Waals surface area contributed by atoms with Crippen molar-refractivity contribution in [2.75, 3.05) is 19.7 Å². The molecule has 1 saturated heterocycles. The number of pyridine rings is 1. The number of amides is 1. The molecule has 0 bridgehead atoms. The van der Waals surface area contributed by atoms with E-state index in [9.17, 15) is 4.79 Å². The van der Waals surface area contributed by atoms with E-state index in [4.69, 9.17) is 9.47 Å². The Morgan fingerprint density at radius 1 is 1.46 bits per heavy atom. The summed E-state index contributed by atoms with van der Waals surface area (Å²) in [5.74, 6) is 0.479. The van der Waals surface area contributed by atoms with Gasteiger partial charge in [0.15, 0.2) is 5.75 Å². The van der Waals surface area contributed by atoms with E-state index >= 15 is 0 Å². The Morgan fingerprint density at radius 2 is 2.29 bits per heavy atom. The van der Waals surface area contributed by atoms with Gasteiger partial charge in [0.2, 0.25) is 0 Å². The van der Waals surface area contributed by atoms with Crippen LogP contribution in [-0.2, 0) is 11.5 Å². The number of piperidine rings is 1. The lowest BCUT2D eigenvalue weighted by molar-refractivity contribution is 0.0899. The Bertz CT molecular complexity index is 815. The fourth-order valence-electron chi connectivity index (χ4n) is 3.10. The molecular weight excluding hydrogens is 440 g/mol. The zero-order valence-electron chi connectivity index (χ0n) is 16.8. The lowest BCUT2D eigenvalue weighted by Gasteiger charge is -2.23. The Hall–Kier alpha value is -1.42. The van der Waals surface area contributed by atoms with Gasteiger partial charge in [-0.2, -0.15) is 0 Å². The highest BCUT2D eigenvalue weighted by atomic mass is 79.9. The molecule has 3 rings (SSSR count). The third kappa shape index (κ3) is 5.79. The fraction of sp³-hybridized carbons (Fsp3) is 0.579. The molecule has 154 valence electrons. The number of carbonyl (C=O) groups excluding carboxylic acids is 1. The fourth-order valence-corrected chi connectivity index (χ4v) is 4.26. The summed E-state index contributed by atoms with van der Waals surface area (Å²) < 4.78 is 14.0. The highest BCUT2D eigenvalue weighted by Gasteiger charge is 2.20. The molecule has 2 aromatic heterocycles. The van der Waals surface area contributed by atoms with Crippen LogP contribution in [0.2, 0.25) is 25.7 Å². The summed E-state index contributed by atoms with van der Waals surface area (Å²) in [6.07, 6.45) is 5.13. The molecule has 0 spiro atoms. The minimum Gasteiger partial charge on any atom is -0.408 e. The lowest BCUT2D eigenvalue weighted by atomic mass is 10.1. The molecule has 1 aliphatic heterocycles. The molecule has 9 heteroatoms. The molecule has 1 aliphatic rings. The number of hydrogen-bond donors (Lipinski definition) is 2. The summed E-state index contributed by atoms with van der Waals surface area (Å²) in [6.45, 7) is 9.94. The van der Waals surface area contributed by atoms with Crippen LogP contribution >= 0.6 is 15.9 Å². The van der Waals surface area contributed by atoms with Gasteiger partial charge in [-0.05, 0) is 47.4 Å². The van der Waals surface area contributed by atoms with E-state index < -0.39 is 14.2 Å². The van der Waals surface area contributed by atoms with Gasteiger partial charge < -0.3 is 24.7 Å². The van der Waals surface area contributed by atoms with Gasteiger partial charge in [-0.25, -0.2) is 9.78 Å². The molecule has 1 amide bonds. The van der Waals surface area contributed by atoms with Crippen molar-refractivity contribution in [3.8, 4) is 5.75 Å². The van der Waals surface area contributed by atoms with Gasteiger partial charge >= 0.3 is 6.09 Å². The molecule has 2 aromatic rings. The maximum Gasteiger partial charge on any atom is 0.412 e. The van der Waals surface area contributed by atoms with Crippen molar-refractivity contribution < 1.29 is 14.3 Å². The Morgan fingerprint density at radius 3 is 3.00 bits per heavy atom. The zero-order chi connectivity index (χ0) is 20.1. The summed E-state index contributed by atoms with van der Waals surface area (Å²) in [7, 11) is -1.11. The first-order valence-electron chi connectivity index (χ1n) is 9.74. The first-order chi connectivity index (χ1) is 13.3. The van der Waals surface area contributed by atoms with Gasteiger partial charge in [-0.3, -0.25) is 0 Å². The van der Waals surface area contributed by atoms with E-state index in [0.29, 0.717) is 17.0 Å². The summed E-state index contributed by atoms with van der Waals surface area (Å²) in [6, 6.07) is 3.12. The molecule has 7 nitrogen and oxygen atoms in total. The molecule has 0 aliphatic carbocycles. The van der Waals surface area contributed by atoms with Crippen LogP contribution in [0.4, 0.5) is 4.79 Å². The van der Waals surface area contributed by atoms with Crippen molar-refractivity contribution >= 4 is 41.1 Å². The van der Waals surface area contributed by atoms with E-state index in [2.05, 4.69) is 51.2 Å². The van der Waals surface area contributed by atoms with Crippen molar-refractivity contribution in [1.82, 2.24) is 20.2 Å². The maximum atomic E-state index is 12.4. The molecular formula is C19H29BrN4O3Si. The summed E-state index contributed by atoms with van der Waals surface area (Å²) in [5.41, 5.74) is 0.735. The van der Waals surface area contributed by atoms with Crippen LogP contribution in [0.15, 0.2) is 22.9 Å². The van der Waals surface area contributed by atoms with Gasteiger partial charge in [0.1, 0.15) is 12.4 Å². The third-order valence-electron chi connectivity index (χ3n) is 4.74. The first-order valence-corrected chi connectivity index (χ1v) is 14.2. The molecule has 2 N–H and O–H groups in total. The van der Waals surface area contributed by atoms with Crippen molar-refractivity contribution in [2.45, 2.75) is 51.3 Å². The zero-order valence-corrected chi connectivity index (χ0v) is 19.3. The first kappa shape index (κ1) is 21.3. The molecule has 0 aromatic carbocycles. The smallest absolute Gasteiger partial charge is 0.408 e. The molecule has 3 heterocycles. The molecule has 28 heavy (non-hydrogen) atoms. The van der Waals surface area contributed by atoms with Crippen LogP contribution in [-0.4, -0.2) is 49.5 Å². The highest BCUT2D eigenvalue weighted by molar-refractivity contribution is 9.10. The second-order valence-corrected chi connectivity index (χ2v) is 14.9. The van der Waals surface area contributed by atoms with Gasteiger partial charge in [0, 0.05) is 39.7 Å². The Balaban J connectivity index is 1.66. The van der Waals surface area contributed by atoms with Crippen LogP contribution in [0.1, 0.15) is 12.8 Å². The second-order valence-electron chi connectivity index (χ2n) is 8.38. The number of nitrogens with one attached hydrogen (secondary N) is 2. The molecule has 1 fully saturated rings. The monoisotopic (exact) mass is 468 g/mol. The summed E-state index contributed by atoms with van der Waals surface area (Å²) in [4.78, 5) is 16.8. The van der Waals surface area contributed by atoms with Gasteiger partial charge in [0.25, 0.3) is 0 Å². The van der Waals surface area contributed by atoms with E-state index in [0.717, 1.165) is 49.6 Å². The highest BCUT2D eigenvalue weighted by Crippen LogP contribution is 2.33. The number of rotatable bonds is 7. The standard InChI is InChI=1S/C19H29BrN4O3Si/c1-28(2,3)10-9-26-13-24-8-6-15-17(16(20)12-22-18(15)24)27-19(25)23-14-5-4-7-21-11-14/h6,8,12,14,21H,4-5,7,9-11,13H2,1-3H3,(H,23,25)/t14-/m1/s1. The quantitative estimate of drug-likeness (QED) is 0.474. The average molecular weight is 469 g/mol. The maximum absolute atomic E-state index is 12.4. The van der Waals surface area contributed by atoms with E-state index in [1.807, 2.05) is 16.8 Å². The normalized spacial score (nSPS) is 17.6. The van der Waals surface area contributed by atoms with E-state index in [-0.39, 0.29) is 6.04 Å². The number of nitrogens with zero attached hydrogens (tertiary/aromatic N) is 2. The second kappa shape index (κ2) is 9.38. The van der Waals surface area contributed by atoms with Gasteiger partial charge in [-0.1, -0.05) is 19.6 Å². The van der Waals surface area contributed by atoms with Crippen molar-refractivity contribution in [1.29, 1.82) is 0 Å². The molecule has 1 atom stereocenters. The third-order valence-corrected chi connectivity index (χ3v) is 7.01. The van der Waals surface area contributed by atoms with Crippen LogP contribution < -0.4 is 15.4 Å². The van der Waals surface area contributed by atoms with Gasteiger partial charge in [0.05, 0.1) is 9.86 Å². The molecule has 0 unspecified atom stereocenters.